The van der Waals surface area contributed by atoms with E-state index in [1.807, 2.05) is 32.0 Å². The summed E-state index contributed by atoms with van der Waals surface area (Å²) in [5.74, 6) is 0.455. The number of benzene rings is 1. The SMILES string of the molecule is Cc1cc(N2CC(C)CS2(=O)=O)ccc1Br. The van der Waals surface area contributed by atoms with Crippen molar-refractivity contribution in [1.29, 1.82) is 0 Å². The molecule has 1 heterocycles. The fourth-order valence-electron chi connectivity index (χ4n) is 1.95. The van der Waals surface area contributed by atoms with Gasteiger partial charge in [-0.1, -0.05) is 22.9 Å². The summed E-state index contributed by atoms with van der Waals surface area (Å²) < 4.78 is 26.3. The molecule has 2 rings (SSSR count). The molecule has 1 aliphatic rings. The molecule has 0 amide bonds. The zero-order valence-corrected chi connectivity index (χ0v) is 11.7. The highest BCUT2D eigenvalue weighted by Gasteiger charge is 2.33. The van der Waals surface area contributed by atoms with Gasteiger partial charge in [0.2, 0.25) is 10.0 Å². The van der Waals surface area contributed by atoms with Crippen molar-refractivity contribution in [2.45, 2.75) is 13.8 Å². The summed E-state index contributed by atoms with van der Waals surface area (Å²) in [5.41, 5.74) is 1.82. The van der Waals surface area contributed by atoms with Gasteiger partial charge in [-0.05, 0) is 36.6 Å². The average Bonchev–Trinajstić information content (AvgIpc) is 2.44. The van der Waals surface area contributed by atoms with Crippen LogP contribution >= 0.6 is 15.9 Å². The van der Waals surface area contributed by atoms with Gasteiger partial charge in [-0.25, -0.2) is 8.42 Å². The first-order valence-corrected chi connectivity index (χ1v) is 7.57. The summed E-state index contributed by atoms with van der Waals surface area (Å²) in [6.45, 7) is 4.51. The molecule has 0 N–H and O–H groups in total. The van der Waals surface area contributed by atoms with Crippen molar-refractivity contribution in [1.82, 2.24) is 0 Å². The number of hydrogen-bond donors (Lipinski definition) is 0. The predicted molar refractivity (Wildman–Crippen MR) is 69.2 cm³/mol. The van der Waals surface area contributed by atoms with Crippen LogP contribution < -0.4 is 4.31 Å². The molecule has 1 saturated heterocycles. The van der Waals surface area contributed by atoms with Crippen LogP contribution in [0.15, 0.2) is 22.7 Å². The maximum Gasteiger partial charge on any atom is 0.235 e. The second kappa shape index (κ2) is 4.04. The maximum atomic E-state index is 11.9. The number of hydrogen-bond acceptors (Lipinski definition) is 2. The molecule has 0 radical (unpaired) electrons. The van der Waals surface area contributed by atoms with Gasteiger partial charge >= 0.3 is 0 Å². The molecule has 88 valence electrons. The number of halogens is 1. The van der Waals surface area contributed by atoms with E-state index < -0.39 is 10.0 Å². The molecular formula is C11H14BrNO2S. The Morgan fingerprint density at radius 1 is 1.44 bits per heavy atom. The van der Waals surface area contributed by atoms with E-state index in [9.17, 15) is 8.42 Å². The Morgan fingerprint density at radius 2 is 2.12 bits per heavy atom. The molecule has 5 heteroatoms. The van der Waals surface area contributed by atoms with E-state index in [2.05, 4.69) is 15.9 Å². The largest absolute Gasteiger partial charge is 0.270 e. The van der Waals surface area contributed by atoms with Crippen LogP contribution in [0, 0.1) is 12.8 Å². The quantitative estimate of drug-likeness (QED) is 0.799. The Kier molecular flexibility index (Phi) is 3.01. The molecule has 1 fully saturated rings. The third kappa shape index (κ3) is 2.11. The van der Waals surface area contributed by atoms with Gasteiger partial charge in [0.15, 0.2) is 0 Å². The van der Waals surface area contributed by atoms with Gasteiger partial charge in [-0.15, -0.1) is 0 Å². The summed E-state index contributed by atoms with van der Waals surface area (Å²) >= 11 is 3.41. The lowest BCUT2D eigenvalue weighted by atomic mass is 10.2. The highest BCUT2D eigenvalue weighted by Crippen LogP contribution is 2.29. The minimum atomic E-state index is -3.10. The minimum Gasteiger partial charge on any atom is -0.270 e. The van der Waals surface area contributed by atoms with Crippen molar-refractivity contribution in [3.05, 3.63) is 28.2 Å². The topological polar surface area (TPSA) is 37.4 Å². The molecule has 0 spiro atoms. The Balaban J connectivity index is 2.42. The van der Waals surface area contributed by atoms with Gasteiger partial charge in [0, 0.05) is 11.0 Å². The number of sulfonamides is 1. The van der Waals surface area contributed by atoms with E-state index in [0.717, 1.165) is 15.7 Å². The lowest BCUT2D eigenvalue weighted by Crippen LogP contribution is -2.25. The number of anilines is 1. The third-order valence-corrected chi connectivity index (χ3v) is 5.65. The lowest BCUT2D eigenvalue weighted by molar-refractivity contribution is 0.598. The highest BCUT2D eigenvalue weighted by molar-refractivity contribution is 9.10. The van der Waals surface area contributed by atoms with E-state index in [4.69, 9.17) is 0 Å². The van der Waals surface area contributed by atoms with Crippen molar-refractivity contribution in [3.63, 3.8) is 0 Å². The predicted octanol–water partition coefficient (Wildman–Crippen LogP) is 2.54. The minimum absolute atomic E-state index is 0.203. The smallest absolute Gasteiger partial charge is 0.235 e. The van der Waals surface area contributed by atoms with Crippen molar-refractivity contribution in [2.24, 2.45) is 5.92 Å². The number of aryl methyl sites for hydroxylation is 1. The molecule has 1 aromatic rings. The fraction of sp³-hybridized carbons (Fsp3) is 0.455. The first-order chi connectivity index (χ1) is 7.40. The van der Waals surface area contributed by atoms with E-state index in [-0.39, 0.29) is 11.7 Å². The van der Waals surface area contributed by atoms with Crippen LogP contribution in [0.1, 0.15) is 12.5 Å². The molecule has 1 atom stereocenters. The zero-order valence-electron chi connectivity index (χ0n) is 9.27. The molecule has 0 aliphatic carbocycles. The molecule has 0 bridgehead atoms. The van der Waals surface area contributed by atoms with E-state index >= 15 is 0 Å². The van der Waals surface area contributed by atoms with Gasteiger partial charge < -0.3 is 0 Å². The van der Waals surface area contributed by atoms with Gasteiger partial charge in [-0.3, -0.25) is 4.31 Å². The summed E-state index contributed by atoms with van der Waals surface area (Å²) in [5, 5.41) is 0. The van der Waals surface area contributed by atoms with Gasteiger partial charge in [0.05, 0.1) is 11.4 Å². The monoisotopic (exact) mass is 303 g/mol. The third-order valence-electron chi connectivity index (χ3n) is 2.74. The van der Waals surface area contributed by atoms with Crippen LogP contribution in [0.5, 0.6) is 0 Å². The van der Waals surface area contributed by atoms with Crippen LogP contribution in [0.25, 0.3) is 0 Å². The molecular weight excluding hydrogens is 290 g/mol. The van der Waals surface area contributed by atoms with Crippen LogP contribution in [-0.2, 0) is 10.0 Å². The first-order valence-electron chi connectivity index (χ1n) is 5.17. The molecule has 1 unspecified atom stereocenters. The lowest BCUT2D eigenvalue weighted by Gasteiger charge is -2.17. The summed E-state index contributed by atoms with van der Waals surface area (Å²) in [4.78, 5) is 0. The Bertz CT molecular complexity index is 513. The molecule has 16 heavy (non-hydrogen) atoms. The summed E-state index contributed by atoms with van der Waals surface area (Å²) in [6.07, 6.45) is 0. The molecule has 0 aromatic heterocycles. The molecule has 1 aliphatic heterocycles. The van der Waals surface area contributed by atoms with Crippen molar-refractivity contribution in [2.75, 3.05) is 16.6 Å². The van der Waals surface area contributed by atoms with Crippen molar-refractivity contribution in [3.8, 4) is 0 Å². The van der Waals surface area contributed by atoms with Gasteiger partial charge in [0.1, 0.15) is 0 Å². The molecule has 1 aromatic carbocycles. The standard InChI is InChI=1S/C11H14BrNO2S/c1-8-6-13(16(14,15)7-8)10-3-4-11(12)9(2)5-10/h3-5,8H,6-7H2,1-2H3. The fourth-order valence-corrected chi connectivity index (χ4v) is 4.12. The first kappa shape index (κ1) is 11.9. The van der Waals surface area contributed by atoms with Gasteiger partial charge in [0.25, 0.3) is 0 Å². The van der Waals surface area contributed by atoms with E-state index in [1.54, 1.807) is 0 Å². The second-order valence-corrected chi connectivity index (χ2v) is 7.14. The van der Waals surface area contributed by atoms with E-state index in [1.165, 1.54) is 4.31 Å². The van der Waals surface area contributed by atoms with Crippen LogP contribution in [0.3, 0.4) is 0 Å². The van der Waals surface area contributed by atoms with E-state index in [0.29, 0.717) is 6.54 Å². The van der Waals surface area contributed by atoms with Crippen molar-refractivity contribution >= 4 is 31.6 Å². The van der Waals surface area contributed by atoms with Crippen molar-refractivity contribution < 1.29 is 8.42 Å². The Labute approximate surface area is 105 Å². The Hall–Kier alpha value is -0.550. The number of nitrogens with zero attached hydrogens (tertiary/aromatic N) is 1. The number of rotatable bonds is 1. The maximum absolute atomic E-state index is 11.9. The van der Waals surface area contributed by atoms with Crippen LogP contribution in [0.2, 0.25) is 0 Å². The summed E-state index contributed by atoms with van der Waals surface area (Å²) in [7, 11) is -3.10. The summed E-state index contributed by atoms with van der Waals surface area (Å²) in [6, 6.07) is 5.63. The van der Waals surface area contributed by atoms with Crippen LogP contribution in [0.4, 0.5) is 5.69 Å². The second-order valence-electron chi connectivity index (χ2n) is 4.35. The van der Waals surface area contributed by atoms with Gasteiger partial charge in [-0.2, -0.15) is 0 Å². The Morgan fingerprint density at radius 3 is 2.62 bits per heavy atom. The normalized spacial score (nSPS) is 23.7. The average molecular weight is 304 g/mol. The van der Waals surface area contributed by atoms with Crippen LogP contribution in [-0.4, -0.2) is 20.7 Å². The molecule has 0 saturated carbocycles. The highest BCUT2D eigenvalue weighted by atomic mass is 79.9. The molecule has 3 nitrogen and oxygen atoms in total. The zero-order chi connectivity index (χ0) is 11.9.